The maximum absolute atomic E-state index is 9.72. The van der Waals surface area contributed by atoms with Gasteiger partial charge in [-0.1, -0.05) is 61.2 Å². The molecule has 0 saturated carbocycles. The van der Waals surface area contributed by atoms with Crippen LogP contribution < -0.4 is 15.4 Å². The normalized spacial score (nSPS) is 11.9. The Labute approximate surface area is 184 Å². The number of nitrogens with zero attached hydrogens (tertiary/aromatic N) is 1. The lowest BCUT2D eigenvalue weighted by Gasteiger charge is -2.18. The predicted octanol–water partition coefficient (Wildman–Crippen LogP) is 3.70. The third kappa shape index (κ3) is 7.90. The van der Waals surface area contributed by atoms with E-state index in [-0.39, 0.29) is 36.5 Å². The van der Waals surface area contributed by atoms with Crippen LogP contribution in [0, 0.1) is 0 Å². The summed E-state index contributed by atoms with van der Waals surface area (Å²) in [6.45, 7) is 8.11. The van der Waals surface area contributed by atoms with Gasteiger partial charge >= 0.3 is 0 Å². The molecule has 0 bridgehead atoms. The third-order valence-corrected chi connectivity index (χ3v) is 4.09. The van der Waals surface area contributed by atoms with E-state index in [0.717, 1.165) is 23.4 Å². The Balaban J connectivity index is 0.00000392. The van der Waals surface area contributed by atoms with Crippen molar-refractivity contribution < 1.29 is 9.84 Å². The number of hydrogen-bond donors (Lipinski definition) is 3. The van der Waals surface area contributed by atoms with Gasteiger partial charge in [0.05, 0.1) is 13.2 Å². The number of rotatable bonds is 10. The number of aliphatic hydroxyl groups excluding tert-OH is 1. The number of aliphatic imine (C=N–C) groups is 1. The van der Waals surface area contributed by atoms with Gasteiger partial charge in [0.1, 0.15) is 12.4 Å². The molecule has 0 radical (unpaired) electrons. The third-order valence-electron chi connectivity index (χ3n) is 4.09. The van der Waals surface area contributed by atoms with Crippen molar-refractivity contribution >= 4 is 29.9 Å². The molecule has 152 valence electrons. The predicted molar refractivity (Wildman–Crippen MR) is 127 cm³/mol. The number of ether oxygens (including phenoxy) is 1. The van der Waals surface area contributed by atoms with Crippen LogP contribution in [0.15, 0.2) is 72.2 Å². The van der Waals surface area contributed by atoms with Crippen LogP contribution in [0.3, 0.4) is 0 Å². The molecule has 0 saturated heterocycles. The van der Waals surface area contributed by atoms with Crippen LogP contribution >= 0.6 is 24.0 Å². The summed E-state index contributed by atoms with van der Waals surface area (Å²) in [6, 6.07) is 17.9. The number of hydrogen-bond acceptors (Lipinski definition) is 3. The molecular weight excluding hydrogens is 465 g/mol. The van der Waals surface area contributed by atoms with Crippen LogP contribution in [-0.4, -0.2) is 37.4 Å². The monoisotopic (exact) mass is 495 g/mol. The first-order valence-corrected chi connectivity index (χ1v) is 9.28. The van der Waals surface area contributed by atoms with Crippen LogP contribution in [0.1, 0.15) is 24.0 Å². The Hall–Kier alpha value is -2.06. The molecule has 0 aliphatic heterocycles. The maximum Gasteiger partial charge on any atom is 0.191 e. The molecule has 0 heterocycles. The summed E-state index contributed by atoms with van der Waals surface area (Å²) in [5.41, 5.74) is 2.12. The lowest BCUT2D eigenvalue weighted by atomic mass is 10.0. The first kappa shape index (κ1) is 24.0. The van der Waals surface area contributed by atoms with Crippen LogP contribution in [0.4, 0.5) is 0 Å². The highest BCUT2D eigenvalue weighted by Crippen LogP contribution is 2.19. The highest BCUT2D eigenvalue weighted by molar-refractivity contribution is 14.0. The molecule has 2 aromatic rings. The van der Waals surface area contributed by atoms with E-state index in [0.29, 0.717) is 25.7 Å². The van der Waals surface area contributed by atoms with E-state index in [9.17, 15) is 5.11 Å². The molecular formula is C22H30IN3O2. The SMILES string of the molecule is C=CCOc1ccccc1CN=C(NCC)NCC(CO)c1ccccc1.I. The van der Waals surface area contributed by atoms with E-state index >= 15 is 0 Å². The van der Waals surface area contributed by atoms with Gasteiger partial charge in [-0.2, -0.15) is 0 Å². The molecule has 0 aliphatic carbocycles. The van der Waals surface area contributed by atoms with Crippen molar-refractivity contribution in [3.05, 3.63) is 78.4 Å². The van der Waals surface area contributed by atoms with Crippen molar-refractivity contribution in [3.8, 4) is 5.75 Å². The lowest BCUT2D eigenvalue weighted by molar-refractivity contribution is 0.265. The Morgan fingerprint density at radius 3 is 2.54 bits per heavy atom. The van der Waals surface area contributed by atoms with E-state index < -0.39 is 0 Å². The molecule has 1 unspecified atom stereocenters. The second-order valence-electron chi connectivity index (χ2n) is 6.07. The summed E-state index contributed by atoms with van der Waals surface area (Å²) in [4.78, 5) is 4.66. The molecule has 3 N–H and O–H groups in total. The van der Waals surface area contributed by atoms with Gasteiger partial charge in [0.15, 0.2) is 5.96 Å². The Bertz CT molecular complexity index is 723. The summed E-state index contributed by atoms with van der Waals surface area (Å²) < 4.78 is 5.69. The van der Waals surface area contributed by atoms with E-state index in [4.69, 9.17) is 4.74 Å². The van der Waals surface area contributed by atoms with Gasteiger partial charge in [-0.3, -0.25) is 0 Å². The molecule has 6 heteroatoms. The second kappa shape index (κ2) is 14.0. The highest BCUT2D eigenvalue weighted by Gasteiger charge is 2.11. The molecule has 0 spiro atoms. The summed E-state index contributed by atoms with van der Waals surface area (Å²) in [5, 5.41) is 16.3. The van der Waals surface area contributed by atoms with E-state index in [1.165, 1.54) is 0 Å². The molecule has 0 fully saturated rings. The fourth-order valence-corrected chi connectivity index (χ4v) is 2.66. The van der Waals surface area contributed by atoms with Gasteiger partial charge in [-0.15, -0.1) is 24.0 Å². The fourth-order valence-electron chi connectivity index (χ4n) is 2.66. The minimum Gasteiger partial charge on any atom is -0.489 e. The molecule has 2 rings (SSSR count). The van der Waals surface area contributed by atoms with E-state index in [1.807, 2.05) is 61.5 Å². The zero-order chi connectivity index (χ0) is 19.3. The first-order valence-electron chi connectivity index (χ1n) is 9.28. The van der Waals surface area contributed by atoms with E-state index in [1.54, 1.807) is 6.08 Å². The first-order chi connectivity index (χ1) is 13.3. The molecule has 0 amide bonds. The average Bonchev–Trinajstić information content (AvgIpc) is 2.72. The van der Waals surface area contributed by atoms with Gasteiger partial charge in [-0.05, 0) is 18.6 Å². The molecule has 0 aliphatic rings. The summed E-state index contributed by atoms with van der Waals surface area (Å²) in [5.74, 6) is 1.54. The number of para-hydroxylation sites is 1. The van der Waals surface area contributed by atoms with E-state index in [2.05, 4.69) is 22.2 Å². The van der Waals surface area contributed by atoms with Gasteiger partial charge in [0, 0.05) is 24.6 Å². The molecule has 28 heavy (non-hydrogen) atoms. The van der Waals surface area contributed by atoms with Crippen molar-refractivity contribution in [2.45, 2.75) is 19.4 Å². The molecule has 1 atom stereocenters. The van der Waals surface area contributed by atoms with Gasteiger partial charge < -0.3 is 20.5 Å². The average molecular weight is 495 g/mol. The smallest absolute Gasteiger partial charge is 0.191 e. The minimum atomic E-state index is 0. The van der Waals surface area contributed by atoms with Gasteiger partial charge in [0.25, 0.3) is 0 Å². The Morgan fingerprint density at radius 1 is 1.14 bits per heavy atom. The largest absolute Gasteiger partial charge is 0.489 e. The maximum atomic E-state index is 9.72. The number of benzene rings is 2. The fraction of sp³-hybridized carbons (Fsp3) is 0.318. The zero-order valence-corrected chi connectivity index (χ0v) is 18.6. The highest BCUT2D eigenvalue weighted by atomic mass is 127. The van der Waals surface area contributed by atoms with Crippen molar-refractivity contribution in [2.24, 2.45) is 4.99 Å². The standard InChI is InChI=1S/C22H29N3O2.HI/c1-3-14-27-21-13-9-8-12-19(21)15-24-22(23-4-2)25-16-20(17-26)18-10-6-5-7-11-18;/h3,5-13,20,26H,1,4,14-17H2,2H3,(H2,23,24,25);1H. The van der Waals surface area contributed by atoms with Gasteiger partial charge in [0.2, 0.25) is 0 Å². The zero-order valence-electron chi connectivity index (χ0n) is 16.3. The summed E-state index contributed by atoms with van der Waals surface area (Å²) >= 11 is 0. The number of nitrogens with one attached hydrogen (secondary N) is 2. The van der Waals surface area contributed by atoms with Gasteiger partial charge in [-0.25, -0.2) is 4.99 Å². The minimum absolute atomic E-state index is 0. The van der Waals surface area contributed by atoms with Crippen LogP contribution in [0.5, 0.6) is 5.75 Å². The van der Waals surface area contributed by atoms with Crippen LogP contribution in [-0.2, 0) is 6.54 Å². The van der Waals surface area contributed by atoms with Crippen molar-refractivity contribution in [3.63, 3.8) is 0 Å². The Morgan fingerprint density at radius 2 is 1.86 bits per heavy atom. The summed E-state index contributed by atoms with van der Waals surface area (Å²) in [7, 11) is 0. The number of halogens is 1. The second-order valence-corrected chi connectivity index (χ2v) is 6.07. The molecule has 2 aromatic carbocycles. The van der Waals surface area contributed by atoms with Crippen molar-refractivity contribution in [1.29, 1.82) is 0 Å². The van der Waals surface area contributed by atoms with Crippen LogP contribution in [0.2, 0.25) is 0 Å². The lowest BCUT2D eigenvalue weighted by Crippen LogP contribution is -2.39. The molecule has 5 nitrogen and oxygen atoms in total. The number of aliphatic hydroxyl groups is 1. The molecule has 0 aromatic heterocycles. The number of guanidine groups is 1. The Kier molecular flexibility index (Phi) is 12.0. The quantitative estimate of drug-likeness (QED) is 0.204. The van der Waals surface area contributed by atoms with Crippen molar-refractivity contribution in [1.82, 2.24) is 10.6 Å². The van der Waals surface area contributed by atoms with Crippen LogP contribution in [0.25, 0.3) is 0 Å². The topological polar surface area (TPSA) is 65.9 Å². The summed E-state index contributed by atoms with van der Waals surface area (Å²) in [6.07, 6.45) is 1.73. The van der Waals surface area contributed by atoms with Crippen molar-refractivity contribution in [2.75, 3.05) is 26.3 Å².